The van der Waals surface area contributed by atoms with E-state index in [2.05, 4.69) is 12.2 Å². The van der Waals surface area contributed by atoms with Crippen molar-refractivity contribution in [3.05, 3.63) is 0 Å². The summed E-state index contributed by atoms with van der Waals surface area (Å²) < 4.78 is 0. The van der Waals surface area contributed by atoms with Crippen LogP contribution in [-0.4, -0.2) is 41.1 Å². The lowest BCUT2D eigenvalue weighted by Crippen LogP contribution is -2.44. The fraction of sp³-hybridized carbons (Fsp3) is 0.833. The van der Waals surface area contributed by atoms with Crippen molar-refractivity contribution in [3.8, 4) is 0 Å². The smallest absolute Gasteiger partial charge is 0.317 e. The van der Waals surface area contributed by atoms with Gasteiger partial charge in [0, 0.05) is 19.1 Å². The van der Waals surface area contributed by atoms with Crippen LogP contribution < -0.4 is 5.32 Å². The van der Waals surface area contributed by atoms with Crippen molar-refractivity contribution in [2.75, 3.05) is 13.1 Å². The van der Waals surface area contributed by atoms with E-state index < -0.39 is 5.97 Å². The first-order valence-corrected chi connectivity index (χ1v) is 6.26. The minimum Gasteiger partial charge on any atom is -0.481 e. The average molecular weight is 242 g/mol. The fourth-order valence-corrected chi connectivity index (χ4v) is 2.08. The van der Waals surface area contributed by atoms with E-state index in [-0.39, 0.29) is 18.5 Å². The molecule has 0 bridgehead atoms. The predicted octanol–water partition coefficient (Wildman–Crippen LogP) is 1.68. The second-order valence-corrected chi connectivity index (χ2v) is 4.97. The highest BCUT2D eigenvalue weighted by Gasteiger charge is 2.20. The first-order chi connectivity index (χ1) is 7.99. The number of likely N-dealkylation sites (tertiary alicyclic amines) is 1. The minimum atomic E-state index is -0.887. The zero-order valence-electron chi connectivity index (χ0n) is 10.6. The van der Waals surface area contributed by atoms with Crippen LogP contribution in [0.25, 0.3) is 0 Å². The number of nitrogens with one attached hydrogen (secondary N) is 1. The van der Waals surface area contributed by atoms with Gasteiger partial charge in [0.1, 0.15) is 0 Å². The molecule has 1 saturated heterocycles. The molecule has 98 valence electrons. The molecule has 0 radical (unpaired) electrons. The van der Waals surface area contributed by atoms with E-state index in [1.165, 1.54) is 0 Å². The number of nitrogens with zero attached hydrogens (tertiary/aromatic N) is 1. The third kappa shape index (κ3) is 5.06. The Hall–Kier alpha value is -1.26. The van der Waals surface area contributed by atoms with Gasteiger partial charge in [0.25, 0.3) is 0 Å². The lowest BCUT2D eigenvalue weighted by molar-refractivity contribution is -0.137. The van der Waals surface area contributed by atoms with Gasteiger partial charge in [-0.15, -0.1) is 0 Å². The summed E-state index contributed by atoms with van der Waals surface area (Å²) in [7, 11) is 0. The molecular formula is C12H22N2O3. The van der Waals surface area contributed by atoms with Crippen LogP contribution in [0, 0.1) is 5.92 Å². The van der Waals surface area contributed by atoms with E-state index in [0.717, 1.165) is 32.4 Å². The quantitative estimate of drug-likeness (QED) is 0.791. The average Bonchev–Trinajstić information content (AvgIpc) is 2.41. The van der Waals surface area contributed by atoms with Gasteiger partial charge in [0.2, 0.25) is 0 Å². The topological polar surface area (TPSA) is 69.6 Å². The van der Waals surface area contributed by atoms with Gasteiger partial charge in [0.05, 0.1) is 6.42 Å². The van der Waals surface area contributed by atoms with Gasteiger partial charge in [-0.05, 0) is 32.1 Å². The molecule has 1 rings (SSSR count). The van der Waals surface area contributed by atoms with E-state index in [0.29, 0.717) is 5.92 Å². The highest BCUT2D eigenvalue weighted by molar-refractivity contribution is 5.75. The van der Waals surface area contributed by atoms with Crippen molar-refractivity contribution in [1.29, 1.82) is 0 Å². The molecule has 5 nitrogen and oxygen atoms in total. The molecule has 17 heavy (non-hydrogen) atoms. The summed E-state index contributed by atoms with van der Waals surface area (Å²) in [4.78, 5) is 24.2. The van der Waals surface area contributed by atoms with Gasteiger partial charge in [-0.3, -0.25) is 4.79 Å². The molecule has 2 unspecified atom stereocenters. The van der Waals surface area contributed by atoms with Crippen LogP contribution in [0.5, 0.6) is 0 Å². The van der Waals surface area contributed by atoms with Gasteiger partial charge >= 0.3 is 12.0 Å². The molecule has 0 saturated carbocycles. The molecule has 1 fully saturated rings. The lowest BCUT2D eigenvalue weighted by Gasteiger charge is -2.23. The monoisotopic (exact) mass is 242 g/mol. The third-order valence-corrected chi connectivity index (χ3v) is 3.15. The van der Waals surface area contributed by atoms with Crippen LogP contribution in [0.4, 0.5) is 4.79 Å². The van der Waals surface area contributed by atoms with E-state index in [4.69, 9.17) is 5.11 Å². The highest BCUT2D eigenvalue weighted by Crippen LogP contribution is 2.16. The van der Waals surface area contributed by atoms with Crippen molar-refractivity contribution in [3.63, 3.8) is 0 Å². The van der Waals surface area contributed by atoms with Crippen molar-refractivity contribution in [1.82, 2.24) is 10.2 Å². The van der Waals surface area contributed by atoms with E-state index in [1.807, 2.05) is 0 Å². The van der Waals surface area contributed by atoms with Crippen LogP contribution in [0.2, 0.25) is 0 Å². The molecule has 0 aromatic carbocycles. The molecule has 0 spiro atoms. The molecule has 1 heterocycles. The third-order valence-electron chi connectivity index (χ3n) is 3.15. The fourth-order valence-electron chi connectivity index (χ4n) is 2.08. The summed E-state index contributed by atoms with van der Waals surface area (Å²) in [6.07, 6.45) is 3.19. The Morgan fingerprint density at radius 3 is 2.76 bits per heavy atom. The largest absolute Gasteiger partial charge is 0.481 e. The number of hydrogen-bond acceptors (Lipinski definition) is 2. The SMILES string of the molecule is CC1CCCN(C(=O)NC(C)CC(=O)O)CC1. The van der Waals surface area contributed by atoms with Gasteiger partial charge in [-0.2, -0.15) is 0 Å². The number of urea groups is 1. The summed E-state index contributed by atoms with van der Waals surface area (Å²) in [5.41, 5.74) is 0. The summed E-state index contributed by atoms with van der Waals surface area (Å²) >= 11 is 0. The molecule has 0 aromatic rings. The van der Waals surface area contributed by atoms with Crippen LogP contribution in [-0.2, 0) is 4.79 Å². The molecule has 0 aromatic heterocycles. The van der Waals surface area contributed by atoms with Gasteiger partial charge in [0.15, 0.2) is 0 Å². The van der Waals surface area contributed by atoms with Crippen molar-refractivity contribution in [2.45, 2.75) is 45.6 Å². The van der Waals surface area contributed by atoms with Gasteiger partial charge < -0.3 is 15.3 Å². The Labute approximate surface area is 102 Å². The number of carbonyl (C=O) groups is 2. The zero-order valence-corrected chi connectivity index (χ0v) is 10.6. The molecule has 1 aliphatic heterocycles. The molecule has 5 heteroatoms. The normalized spacial score (nSPS) is 22.7. The number of carboxylic acids is 1. The number of aliphatic carboxylic acids is 1. The maximum Gasteiger partial charge on any atom is 0.317 e. The maximum absolute atomic E-state index is 11.9. The molecule has 2 N–H and O–H groups in total. The molecular weight excluding hydrogens is 220 g/mol. The second kappa shape index (κ2) is 6.47. The summed E-state index contributed by atoms with van der Waals surface area (Å²) in [6, 6.07) is -0.450. The Morgan fingerprint density at radius 2 is 2.12 bits per heavy atom. The minimum absolute atomic E-state index is 0.0318. The Bertz CT molecular complexity index is 281. The zero-order chi connectivity index (χ0) is 12.8. The molecule has 2 atom stereocenters. The summed E-state index contributed by atoms with van der Waals surface area (Å²) in [6.45, 7) is 5.46. The van der Waals surface area contributed by atoms with Crippen LogP contribution in [0.3, 0.4) is 0 Å². The van der Waals surface area contributed by atoms with E-state index >= 15 is 0 Å². The van der Waals surface area contributed by atoms with Crippen LogP contribution in [0.1, 0.15) is 39.5 Å². The van der Waals surface area contributed by atoms with Gasteiger partial charge in [-0.1, -0.05) is 6.92 Å². The second-order valence-electron chi connectivity index (χ2n) is 4.97. The Morgan fingerprint density at radius 1 is 1.41 bits per heavy atom. The Balaban J connectivity index is 2.38. The van der Waals surface area contributed by atoms with Crippen molar-refractivity contribution >= 4 is 12.0 Å². The molecule has 0 aliphatic carbocycles. The number of amides is 2. The lowest BCUT2D eigenvalue weighted by atomic mass is 10.0. The van der Waals surface area contributed by atoms with E-state index in [9.17, 15) is 9.59 Å². The first-order valence-electron chi connectivity index (χ1n) is 6.26. The molecule has 1 aliphatic rings. The van der Waals surface area contributed by atoms with Crippen LogP contribution >= 0.6 is 0 Å². The van der Waals surface area contributed by atoms with Gasteiger partial charge in [-0.25, -0.2) is 4.79 Å². The first kappa shape index (κ1) is 13.8. The number of carboxylic acid groups (broad SMARTS) is 1. The number of hydrogen-bond donors (Lipinski definition) is 2. The number of rotatable bonds is 3. The summed E-state index contributed by atoms with van der Waals surface area (Å²) in [5.74, 6) is -0.216. The highest BCUT2D eigenvalue weighted by atomic mass is 16.4. The standard InChI is InChI=1S/C12H22N2O3/c1-9-4-3-6-14(7-5-9)12(17)13-10(2)8-11(15)16/h9-10H,3-8H2,1-2H3,(H,13,17)(H,15,16). The van der Waals surface area contributed by atoms with Crippen molar-refractivity contribution in [2.24, 2.45) is 5.92 Å². The predicted molar refractivity (Wildman–Crippen MR) is 64.8 cm³/mol. The Kier molecular flexibility index (Phi) is 5.25. The molecule has 2 amide bonds. The van der Waals surface area contributed by atoms with Crippen molar-refractivity contribution < 1.29 is 14.7 Å². The van der Waals surface area contributed by atoms with E-state index in [1.54, 1.807) is 11.8 Å². The van der Waals surface area contributed by atoms with Crippen LogP contribution in [0.15, 0.2) is 0 Å². The maximum atomic E-state index is 11.9. The number of carbonyl (C=O) groups excluding carboxylic acids is 1. The summed E-state index contributed by atoms with van der Waals surface area (Å²) in [5, 5.41) is 11.4.